The molecular formula is C20H32O5. The molecular weight excluding hydrogens is 320 g/mol. The van der Waals surface area contributed by atoms with Gasteiger partial charge in [-0.25, -0.2) is 0 Å². The first-order chi connectivity index (χ1) is 12.0. The number of aliphatic hydroxyl groups is 1. The highest BCUT2D eigenvalue weighted by molar-refractivity contribution is 5.84. The van der Waals surface area contributed by atoms with Crippen molar-refractivity contribution in [3.05, 3.63) is 12.2 Å². The third-order valence-electron chi connectivity index (χ3n) is 4.97. The first-order valence-electron chi connectivity index (χ1n) is 9.55. The van der Waals surface area contributed by atoms with Crippen molar-refractivity contribution < 1.29 is 24.6 Å². The van der Waals surface area contributed by atoms with Crippen molar-refractivity contribution in [2.45, 2.75) is 83.7 Å². The number of carbonyl (C=O) groups is 3. The Morgan fingerprint density at radius 2 is 1.88 bits per heavy atom. The number of unbranched alkanes of at least 4 members (excludes halogenated alkanes) is 3. The zero-order valence-corrected chi connectivity index (χ0v) is 15.3. The van der Waals surface area contributed by atoms with Gasteiger partial charge >= 0.3 is 5.97 Å². The van der Waals surface area contributed by atoms with Crippen LogP contribution in [0.5, 0.6) is 0 Å². The summed E-state index contributed by atoms with van der Waals surface area (Å²) in [6.07, 6.45) is 10.0. The van der Waals surface area contributed by atoms with Gasteiger partial charge < -0.3 is 10.2 Å². The van der Waals surface area contributed by atoms with Crippen molar-refractivity contribution in [2.75, 3.05) is 0 Å². The molecule has 2 N–H and O–H groups in total. The summed E-state index contributed by atoms with van der Waals surface area (Å²) in [6, 6.07) is 0. The quantitative estimate of drug-likeness (QED) is 0.390. The van der Waals surface area contributed by atoms with E-state index in [4.69, 9.17) is 5.11 Å². The van der Waals surface area contributed by atoms with Gasteiger partial charge in [-0.2, -0.15) is 0 Å². The van der Waals surface area contributed by atoms with E-state index in [1.165, 1.54) is 0 Å². The summed E-state index contributed by atoms with van der Waals surface area (Å²) in [6.45, 7) is 2.10. The van der Waals surface area contributed by atoms with Crippen molar-refractivity contribution >= 4 is 17.5 Å². The van der Waals surface area contributed by atoms with Gasteiger partial charge in [-0.1, -0.05) is 31.9 Å². The van der Waals surface area contributed by atoms with Crippen LogP contribution in [-0.4, -0.2) is 33.9 Å². The first-order valence-corrected chi connectivity index (χ1v) is 9.55. The Balaban J connectivity index is 2.39. The molecule has 0 saturated heterocycles. The smallest absolute Gasteiger partial charge is 0.303 e. The van der Waals surface area contributed by atoms with Crippen molar-refractivity contribution in [1.82, 2.24) is 0 Å². The number of carbonyl (C=O) groups excluding carboxylic acids is 2. The number of hydrogen-bond acceptors (Lipinski definition) is 4. The molecule has 5 heteroatoms. The Labute approximate surface area is 150 Å². The number of aliphatic hydroxyl groups excluding tert-OH is 1. The Hall–Kier alpha value is -1.49. The van der Waals surface area contributed by atoms with Crippen LogP contribution in [0.2, 0.25) is 0 Å². The predicted molar refractivity (Wildman–Crippen MR) is 96.2 cm³/mol. The highest BCUT2D eigenvalue weighted by Gasteiger charge is 2.40. The van der Waals surface area contributed by atoms with Gasteiger partial charge in [0.15, 0.2) is 0 Å². The molecule has 0 unspecified atom stereocenters. The summed E-state index contributed by atoms with van der Waals surface area (Å²) in [5, 5.41) is 18.7. The third kappa shape index (κ3) is 8.43. The molecule has 0 aromatic rings. The van der Waals surface area contributed by atoms with E-state index in [9.17, 15) is 19.5 Å². The molecule has 5 nitrogen and oxygen atoms in total. The minimum absolute atomic E-state index is 0.0751. The molecule has 1 aliphatic carbocycles. The molecule has 1 rings (SSSR count). The highest BCUT2D eigenvalue weighted by atomic mass is 16.4. The molecule has 1 fully saturated rings. The van der Waals surface area contributed by atoms with Gasteiger partial charge in [-0.3, -0.25) is 14.4 Å². The second-order valence-electron chi connectivity index (χ2n) is 7.04. The predicted octanol–water partition coefficient (Wildman–Crippen LogP) is 3.68. The zero-order chi connectivity index (χ0) is 18.7. The van der Waals surface area contributed by atoms with Crippen LogP contribution >= 0.6 is 0 Å². The summed E-state index contributed by atoms with van der Waals surface area (Å²) >= 11 is 0. The third-order valence-corrected chi connectivity index (χ3v) is 4.97. The standard InChI is InChI=1S/C20H32O5/c1-2-3-6-9-15(21)12-13-17-16(18(22)14-19(17)23)10-7-4-5-8-11-20(24)25/h4,7,16-17,19,23H,2-3,5-6,8-14H2,1H3,(H,24,25)/b7-4-/t16-,17-,19-/m0/s1. The average molecular weight is 352 g/mol. The molecule has 0 spiro atoms. The summed E-state index contributed by atoms with van der Waals surface area (Å²) in [5.41, 5.74) is 0. The summed E-state index contributed by atoms with van der Waals surface area (Å²) in [4.78, 5) is 34.5. The summed E-state index contributed by atoms with van der Waals surface area (Å²) in [7, 11) is 0. The fourth-order valence-corrected chi connectivity index (χ4v) is 3.47. The molecule has 0 bridgehead atoms. The van der Waals surface area contributed by atoms with E-state index in [1.807, 2.05) is 12.2 Å². The molecule has 0 aliphatic heterocycles. The van der Waals surface area contributed by atoms with Crippen LogP contribution in [-0.2, 0) is 14.4 Å². The summed E-state index contributed by atoms with van der Waals surface area (Å²) < 4.78 is 0. The lowest BCUT2D eigenvalue weighted by atomic mass is 9.86. The molecule has 1 aliphatic rings. The zero-order valence-electron chi connectivity index (χ0n) is 15.3. The number of carboxylic acids is 1. The lowest BCUT2D eigenvalue weighted by Crippen LogP contribution is -2.21. The van der Waals surface area contributed by atoms with Gasteiger partial charge in [0.2, 0.25) is 0 Å². The molecule has 0 aromatic carbocycles. The van der Waals surface area contributed by atoms with Crippen LogP contribution in [0.25, 0.3) is 0 Å². The Morgan fingerprint density at radius 3 is 2.56 bits per heavy atom. The number of carboxylic acid groups (broad SMARTS) is 1. The molecule has 0 heterocycles. The lowest BCUT2D eigenvalue weighted by molar-refractivity contribution is -0.137. The Morgan fingerprint density at radius 1 is 1.12 bits per heavy atom. The van der Waals surface area contributed by atoms with Gasteiger partial charge in [-0.05, 0) is 38.0 Å². The van der Waals surface area contributed by atoms with Crippen LogP contribution in [0.1, 0.15) is 77.6 Å². The van der Waals surface area contributed by atoms with E-state index in [0.717, 1.165) is 19.3 Å². The van der Waals surface area contributed by atoms with Gasteiger partial charge in [0.05, 0.1) is 6.10 Å². The van der Waals surface area contributed by atoms with Crippen LogP contribution < -0.4 is 0 Å². The van der Waals surface area contributed by atoms with Crippen LogP contribution in [0.15, 0.2) is 12.2 Å². The van der Waals surface area contributed by atoms with Crippen LogP contribution in [0.4, 0.5) is 0 Å². The number of ketones is 2. The van der Waals surface area contributed by atoms with Crippen molar-refractivity contribution in [2.24, 2.45) is 11.8 Å². The van der Waals surface area contributed by atoms with Crippen molar-refractivity contribution in [1.29, 1.82) is 0 Å². The normalized spacial score (nSPS) is 23.4. The van der Waals surface area contributed by atoms with E-state index in [0.29, 0.717) is 38.5 Å². The number of rotatable bonds is 13. The van der Waals surface area contributed by atoms with E-state index in [2.05, 4.69) is 6.92 Å². The molecule has 0 radical (unpaired) electrons. The van der Waals surface area contributed by atoms with Crippen molar-refractivity contribution in [3.8, 4) is 0 Å². The maximum Gasteiger partial charge on any atom is 0.303 e. The topological polar surface area (TPSA) is 91.7 Å². The minimum Gasteiger partial charge on any atom is -0.481 e. The van der Waals surface area contributed by atoms with Crippen LogP contribution in [0, 0.1) is 11.8 Å². The average Bonchev–Trinajstić information content (AvgIpc) is 2.82. The highest BCUT2D eigenvalue weighted by Crippen LogP contribution is 2.35. The fourth-order valence-electron chi connectivity index (χ4n) is 3.47. The van der Waals surface area contributed by atoms with E-state index >= 15 is 0 Å². The van der Waals surface area contributed by atoms with E-state index < -0.39 is 12.1 Å². The van der Waals surface area contributed by atoms with E-state index in [1.54, 1.807) is 0 Å². The molecule has 1 saturated carbocycles. The number of aliphatic carboxylic acids is 1. The van der Waals surface area contributed by atoms with E-state index in [-0.39, 0.29) is 36.2 Å². The second kappa shape index (κ2) is 12.0. The lowest BCUT2D eigenvalue weighted by Gasteiger charge is -2.19. The SMILES string of the molecule is CCCCCC(=O)CC[C@H]1[C@H](C/C=C\CCCC(=O)O)C(=O)C[C@@H]1O. The first kappa shape index (κ1) is 21.6. The Kier molecular flexibility index (Phi) is 10.3. The van der Waals surface area contributed by atoms with Gasteiger partial charge in [0, 0.05) is 31.6 Å². The Bertz CT molecular complexity index is 469. The van der Waals surface area contributed by atoms with Crippen molar-refractivity contribution in [3.63, 3.8) is 0 Å². The maximum absolute atomic E-state index is 12.1. The molecule has 25 heavy (non-hydrogen) atoms. The van der Waals surface area contributed by atoms with Gasteiger partial charge in [0.25, 0.3) is 0 Å². The summed E-state index contributed by atoms with van der Waals surface area (Å²) in [5.74, 6) is -0.847. The molecule has 0 aromatic heterocycles. The molecule has 3 atom stereocenters. The van der Waals surface area contributed by atoms with Gasteiger partial charge in [0.1, 0.15) is 11.6 Å². The minimum atomic E-state index is -0.800. The molecule has 142 valence electrons. The monoisotopic (exact) mass is 352 g/mol. The number of hydrogen-bond donors (Lipinski definition) is 2. The van der Waals surface area contributed by atoms with Crippen LogP contribution in [0.3, 0.4) is 0 Å². The largest absolute Gasteiger partial charge is 0.481 e. The van der Waals surface area contributed by atoms with Gasteiger partial charge in [-0.15, -0.1) is 0 Å². The molecule has 0 amide bonds. The number of Topliss-reactive ketones (excluding diaryl/α,β-unsaturated/α-hetero) is 2. The number of allylic oxidation sites excluding steroid dienone is 2. The fraction of sp³-hybridized carbons (Fsp3) is 0.750. The maximum atomic E-state index is 12.1. The second-order valence-corrected chi connectivity index (χ2v) is 7.04.